The zero-order valence-corrected chi connectivity index (χ0v) is 10.3. The molecule has 18 heavy (non-hydrogen) atoms. The zero-order chi connectivity index (χ0) is 14.6. The van der Waals surface area contributed by atoms with Gasteiger partial charge in [0.25, 0.3) is 11.8 Å². The molecule has 1 aliphatic heterocycles. The maximum atomic E-state index is 11.3. The molecule has 1 atom stereocenters. The Morgan fingerprint density at radius 2 is 2.11 bits per heavy atom. The van der Waals surface area contributed by atoms with Crippen LogP contribution in [0.4, 0.5) is 0 Å². The molecule has 0 aromatic rings. The van der Waals surface area contributed by atoms with Gasteiger partial charge in [-0.1, -0.05) is 13.8 Å². The van der Waals surface area contributed by atoms with Gasteiger partial charge in [-0.3, -0.25) is 14.4 Å². The molecule has 0 bridgehead atoms. The van der Waals surface area contributed by atoms with Gasteiger partial charge >= 0.3 is 5.97 Å². The molecule has 0 radical (unpaired) electrons. The maximum absolute atomic E-state index is 11.3. The van der Waals surface area contributed by atoms with Crippen LogP contribution >= 0.6 is 0 Å². The number of nitrogens with zero attached hydrogens (tertiary/aromatic N) is 1. The average Bonchev–Trinajstić information content (AvgIpc) is 2.52. The van der Waals surface area contributed by atoms with Gasteiger partial charge < -0.3 is 10.2 Å². The molecule has 1 saturated heterocycles. The van der Waals surface area contributed by atoms with Crippen LogP contribution in [-0.2, 0) is 24.0 Å². The smallest absolute Gasteiger partial charge is 0.345 e. The van der Waals surface area contributed by atoms with E-state index in [4.69, 9.17) is 1.37 Å². The first-order valence-electron chi connectivity index (χ1n) is 6.15. The van der Waals surface area contributed by atoms with Crippen LogP contribution in [0.2, 0.25) is 0 Å². The van der Waals surface area contributed by atoms with Gasteiger partial charge in [-0.2, -0.15) is 0 Å². The van der Waals surface area contributed by atoms with Crippen LogP contribution in [0.5, 0.6) is 0 Å². The van der Waals surface area contributed by atoms with Gasteiger partial charge in [0.1, 0.15) is 6.54 Å². The molecule has 100 valence electrons. The Labute approximate surface area is 106 Å². The minimum Gasteiger partial charge on any atom is -0.345 e. The average molecular weight is 257 g/mol. The number of carbonyl (C=O) groups excluding carboxylic acids is 4. The normalized spacial score (nSPS) is 20.1. The first-order valence-corrected chi connectivity index (χ1v) is 5.57. The van der Waals surface area contributed by atoms with Crippen molar-refractivity contribution >= 4 is 23.7 Å². The van der Waals surface area contributed by atoms with Crippen molar-refractivity contribution in [3.05, 3.63) is 0 Å². The molecule has 0 aliphatic carbocycles. The van der Waals surface area contributed by atoms with Gasteiger partial charge in [0.05, 0.1) is 0 Å². The first-order chi connectivity index (χ1) is 8.81. The van der Waals surface area contributed by atoms with Crippen molar-refractivity contribution in [2.45, 2.75) is 33.1 Å². The number of hydrogen-bond acceptors (Lipinski definition) is 5. The van der Waals surface area contributed by atoms with Crippen molar-refractivity contribution in [3.63, 3.8) is 0 Å². The second-order valence-electron chi connectivity index (χ2n) is 4.27. The summed E-state index contributed by atoms with van der Waals surface area (Å²) in [5.74, 6) is -2.68. The molecule has 3 amide bonds. The highest BCUT2D eigenvalue weighted by molar-refractivity contribution is 6.01. The molecule has 0 aromatic heterocycles. The molecule has 1 N–H and O–H groups in total. The quantitative estimate of drug-likeness (QED) is 0.686. The maximum Gasteiger partial charge on any atom is 0.352 e. The molecular weight excluding hydrogens is 240 g/mol. The third-order valence-corrected chi connectivity index (χ3v) is 2.09. The molecule has 0 spiro atoms. The fraction of sp³-hybridized carbons (Fsp3) is 0.636. The second-order valence-corrected chi connectivity index (χ2v) is 4.27. The van der Waals surface area contributed by atoms with E-state index in [1.807, 2.05) is 13.8 Å². The SMILES string of the molecule is [2H]C1CC(=O)N(OC(=O)CNC(=O)CC(C)C)C1=O. The Balaban J connectivity index is 2.38. The summed E-state index contributed by atoms with van der Waals surface area (Å²) in [6.45, 7) is 3.28. The molecule has 7 heteroatoms. The molecule has 1 aliphatic rings. The number of nitrogens with one attached hydrogen (secondary N) is 1. The predicted octanol–water partition coefficient (Wildman–Crippen LogP) is -0.244. The van der Waals surface area contributed by atoms with Crippen LogP contribution in [0.25, 0.3) is 0 Å². The summed E-state index contributed by atoms with van der Waals surface area (Å²) in [5, 5.41) is 2.61. The number of amides is 3. The summed E-state index contributed by atoms with van der Waals surface area (Å²) in [6, 6.07) is 0. The van der Waals surface area contributed by atoms with Gasteiger partial charge in [-0.15, -0.1) is 5.06 Å². The Morgan fingerprint density at radius 3 is 2.61 bits per heavy atom. The van der Waals surface area contributed by atoms with Crippen LogP contribution in [-0.4, -0.2) is 35.3 Å². The highest BCUT2D eigenvalue weighted by Gasteiger charge is 2.32. The van der Waals surface area contributed by atoms with Gasteiger partial charge in [0.15, 0.2) is 0 Å². The molecule has 1 heterocycles. The Morgan fingerprint density at radius 1 is 1.44 bits per heavy atom. The molecule has 1 fully saturated rings. The van der Waals surface area contributed by atoms with E-state index < -0.39 is 30.7 Å². The van der Waals surface area contributed by atoms with Gasteiger partial charge in [0, 0.05) is 20.6 Å². The van der Waals surface area contributed by atoms with Crippen LogP contribution in [0.1, 0.15) is 34.5 Å². The lowest BCUT2D eigenvalue weighted by atomic mass is 10.1. The molecular formula is C11H16N2O5. The van der Waals surface area contributed by atoms with E-state index in [0.29, 0.717) is 0 Å². The summed E-state index contributed by atoms with van der Waals surface area (Å²) in [7, 11) is 0. The molecule has 7 nitrogen and oxygen atoms in total. The highest BCUT2D eigenvalue weighted by atomic mass is 16.7. The second kappa shape index (κ2) is 6.13. The molecule has 1 unspecified atom stereocenters. The summed E-state index contributed by atoms with van der Waals surface area (Å²) in [4.78, 5) is 49.7. The summed E-state index contributed by atoms with van der Waals surface area (Å²) in [6.07, 6.45) is -1.26. The van der Waals surface area contributed by atoms with Gasteiger partial charge in [-0.05, 0) is 5.92 Å². The topological polar surface area (TPSA) is 92.8 Å². The van der Waals surface area contributed by atoms with E-state index >= 15 is 0 Å². The summed E-state index contributed by atoms with van der Waals surface area (Å²) in [5.41, 5.74) is 0. The molecule has 0 saturated carbocycles. The fourth-order valence-electron chi connectivity index (χ4n) is 1.31. The standard InChI is InChI=1S/C11H16N2O5/c1-7(2)5-8(14)12-6-11(17)18-13-9(15)3-4-10(13)16/h7H,3-6H2,1-2H3,(H,12,14)/i3D. The lowest BCUT2D eigenvalue weighted by Gasteiger charge is -2.13. The van der Waals surface area contributed by atoms with Crippen molar-refractivity contribution in [1.82, 2.24) is 10.4 Å². The minimum absolute atomic E-state index is 0.154. The van der Waals surface area contributed by atoms with E-state index in [0.717, 1.165) is 0 Å². The van der Waals surface area contributed by atoms with Crippen molar-refractivity contribution < 1.29 is 25.4 Å². The number of hydroxylamine groups is 2. The number of hydrogen-bond donors (Lipinski definition) is 1. The van der Waals surface area contributed by atoms with Crippen molar-refractivity contribution in [3.8, 4) is 0 Å². The third-order valence-electron chi connectivity index (χ3n) is 2.09. The van der Waals surface area contributed by atoms with E-state index in [-0.39, 0.29) is 29.7 Å². The molecule has 0 aromatic carbocycles. The van der Waals surface area contributed by atoms with E-state index in [9.17, 15) is 19.2 Å². The van der Waals surface area contributed by atoms with Crippen LogP contribution in [0.15, 0.2) is 0 Å². The molecule has 1 rings (SSSR count). The van der Waals surface area contributed by atoms with E-state index in [2.05, 4.69) is 10.2 Å². The minimum atomic E-state index is -1.23. The zero-order valence-electron chi connectivity index (χ0n) is 11.3. The Kier molecular flexibility index (Phi) is 4.27. The lowest BCUT2D eigenvalue weighted by molar-refractivity contribution is -0.196. The Hall–Kier alpha value is -1.92. The van der Waals surface area contributed by atoms with E-state index in [1.165, 1.54) is 0 Å². The summed E-state index contributed by atoms with van der Waals surface area (Å²) >= 11 is 0. The van der Waals surface area contributed by atoms with Crippen LogP contribution < -0.4 is 5.32 Å². The number of imide groups is 1. The van der Waals surface area contributed by atoms with Crippen LogP contribution in [0.3, 0.4) is 0 Å². The first kappa shape index (κ1) is 12.5. The van der Waals surface area contributed by atoms with Gasteiger partial charge in [-0.25, -0.2) is 4.79 Å². The number of rotatable bonds is 5. The van der Waals surface area contributed by atoms with Crippen LogP contribution in [0, 0.1) is 5.92 Å². The lowest BCUT2D eigenvalue weighted by Crippen LogP contribution is -2.37. The Bertz CT molecular complexity index is 410. The number of carbonyl (C=O) groups is 4. The monoisotopic (exact) mass is 257 g/mol. The van der Waals surface area contributed by atoms with Crippen molar-refractivity contribution in [2.75, 3.05) is 6.54 Å². The van der Waals surface area contributed by atoms with Crippen molar-refractivity contribution in [1.29, 1.82) is 0 Å². The van der Waals surface area contributed by atoms with E-state index in [1.54, 1.807) is 0 Å². The highest BCUT2D eigenvalue weighted by Crippen LogP contribution is 2.11. The summed E-state index contributed by atoms with van der Waals surface area (Å²) < 4.78 is 7.22. The predicted molar refractivity (Wildman–Crippen MR) is 59.6 cm³/mol. The van der Waals surface area contributed by atoms with Crippen molar-refractivity contribution in [2.24, 2.45) is 5.92 Å². The van der Waals surface area contributed by atoms with Gasteiger partial charge in [0.2, 0.25) is 5.91 Å². The largest absolute Gasteiger partial charge is 0.352 e. The third kappa shape index (κ3) is 4.15. The fourth-order valence-corrected chi connectivity index (χ4v) is 1.31.